The summed E-state index contributed by atoms with van der Waals surface area (Å²) in [4.78, 5) is 14.7. The van der Waals surface area contributed by atoms with E-state index in [-0.39, 0.29) is 6.03 Å². The SMILES string of the molecule is CCCN(CCNCCN1CCNC1O)C(N)=O. The van der Waals surface area contributed by atoms with Gasteiger partial charge in [-0.05, 0) is 6.42 Å². The minimum absolute atomic E-state index is 0.363. The standard InChI is InChI=1S/C11H25N5O2/c1-2-6-15(10(12)17)7-3-13-4-8-16-9-5-14-11(16)18/h11,13-14,18H,2-9H2,1H3,(H2,12,17). The van der Waals surface area contributed by atoms with Gasteiger partial charge in [-0.1, -0.05) is 6.92 Å². The number of nitrogens with one attached hydrogen (secondary N) is 2. The number of amides is 2. The van der Waals surface area contributed by atoms with Crippen molar-refractivity contribution in [3.8, 4) is 0 Å². The number of rotatable bonds is 8. The average molecular weight is 259 g/mol. The second-order valence-corrected chi connectivity index (χ2v) is 4.44. The van der Waals surface area contributed by atoms with E-state index in [1.54, 1.807) is 4.90 Å². The molecule has 5 N–H and O–H groups in total. The molecule has 0 aliphatic carbocycles. The highest BCUT2D eigenvalue weighted by molar-refractivity contribution is 5.71. The van der Waals surface area contributed by atoms with E-state index in [9.17, 15) is 9.90 Å². The van der Waals surface area contributed by atoms with Crippen molar-refractivity contribution in [1.29, 1.82) is 0 Å². The molecule has 18 heavy (non-hydrogen) atoms. The molecule has 0 aromatic carbocycles. The first-order valence-electron chi connectivity index (χ1n) is 6.55. The monoisotopic (exact) mass is 259 g/mol. The maximum atomic E-state index is 11.1. The summed E-state index contributed by atoms with van der Waals surface area (Å²) < 4.78 is 0. The number of carbonyl (C=O) groups excluding carboxylic acids is 1. The molecule has 106 valence electrons. The first kappa shape index (κ1) is 15.2. The van der Waals surface area contributed by atoms with Crippen molar-refractivity contribution in [1.82, 2.24) is 20.4 Å². The van der Waals surface area contributed by atoms with Crippen molar-refractivity contribution < 1.29 is 9.90 Å². The van der Waals surface area contributed by atoms with Crippen LogP contribution in [0.3, 0.4) is 0 Å². The fourth-order valence-electron chi connectivity index (χ4n) is 1.99. The Hall–Kier alpha value is -0.890. The molecule has 0 bridgehead atoms. The molecule has 0 saturated carbocycles. The van der Waals surface area contributed by atoms with E-state index >= 15 is 0 Å². The highest BCUT2D eigenvalue weighted by Crippen LogP contribution is 1.97. The highest BCUT2D eigenvalue weighted by atomic mass is 16.3. The Morgan fingerprint density at radius 1 is 1.56 bits per heavy atom. The van der Waals surface area contributed by atoms with Gasteiger partial charge in [0.2, 0.25) is 0 Å². The summed E-state index contributed by atoms with van der Waals surface area (Å²) in [7, 11) is 0. The molecule has 1 heterocycles. The van der Waals surface area contributed by atoms with Gasteiger partial charge in [0.1, 0.15) is 0 Å². The fourth-order valence-corrected chi connectivity index (χ4v) is 1.99. The lowest BCUT2D eigenvalue weighted by atomic mass is 10.4. The van der Waals surface area contributed by atoms with Crippen LogP contribution in [0.15, 0.2) is 0 Å². The third-order valence-electron chi connectivity index (χ3n) is 3.01. The maximum Gasteiger partial charge on any atom is 0.314 e. The van der Waals surface area contributed by atoms with Gasteiger partial charge in [0.05, 0.1) is 0 Å². The molecule has 1 aliphatic heterocycles. The van der Waals surface area contributed by atoms with Gasteiger partial charge in [-0.15, -0.1) is 0 Å². The third-order valence-corrected chi connectivity index (χ3v) is 3.01. The Balaban J connectivity index is 2.05. The predicted octanol–water partition coefficient (Wildman–Crippen LogP) is -1.45. The van der Waals surface area contributed by atoms with E-state index in [1.807, 2.05) is 11.8 Å². The number of aliphatic hydroxyl groups excluding tert-OH is 1. The number of hydrogen-bond acceptors (Lipinski definition) is 5. The van der Waals surface area contributed by atoms with Crippen LogP contribution in [-0.2, 0) is 0 Å². The molecule has 0 aromatic heterocycles. The number of nitrogens with zero attached hydrogens (tertiary/aromatic N) is 2. The van der Waals surface area contributed by atoms with E-state index in [1.165, 1.54) is 0 Å². The molecule has 1 unspecified atom stereocenters. The number of nitrogens with two attached hydrogens (primary N) is 1. The minimum atomic E-state index is -0.519. The Kier molecular flexibility index (Phi) is 6.96. The van der Waals surface area contributed by atoms with Crippen molar-refractivity contribution in [2.45, 2.75) is 19.7 Å². The smallest absolute Gasteiger partial charge is 0.314 e. The normalized spacial score (nSPS) is 20.2. The summed E-state index contributed by atoms with van der Waals surface area (Å²) in [6.45, 7) is 7.34. The van der Waals surface area contributed by atoms with Crippen molar-refractivity contribution in [3.63, 3.8) is 0 Å². The van der Waals surface area contributed by atoms with Gasteiger partial charge >= 0.3 is 6.03 Å². The van der Waals surface area contributed by atoms with Crippen LogP contribution in [0.2, 0.25) is 0 Å². The van der Waals surface area contributed by atoms with Crippen LogP contribution in [-0.4, -0.2) is 73.1 Å². The molecular weight excluding hydrogens is 234 g/mol. The predicted molar refractivity (Wildman–Crippen MR) is 69.9 cm³/mol. The number of hydrogen-bond donors (Lipinski definition) is 4. The number of urea groups is 1. The van der Waals surface area contributed by atoms with E-state index in [0.29, 0.717) is 13.1 Å². The summed E-state index contributed by atoms with van der Waals surface area (Å²) in [5, 5.41) is 15.7. The number of aliphatic hydroxyl groups is 1. The van der Waals surface area contributed by atoms with E-state index in [4.69, 9.17) is 5.73 Å². The Morgan fingerprint density at radius 3 is 2.89 bits per heavy atom. The van der Waals surface area contributed by atoms with Crippen LogP contribution in [0.25, 0.3) is 0 Å². The lowest BCUT2D eigenvalue weighted by molar-refractivity contribution is 0.0230. The summed E-state index contributed by atoms with van der Waals surface area (Å²) in [5.41, 5.74) is 5.26. The van der Waals surface area contributed by atoms with Gasteiger partial charge in [-0.2, -0.15) is 0 Å². The maximum absolute atomic E-state index is 11.1. The fraction of sp³-hybridized carbons (Fsp3) is 0.909. The zero-order valence-electron chi connectivity index (χ0n) is 11.1. The molecule has 1 atom stereocenters. The van der Waals surface area contributed by atoms with Gasteiger partial charge in [0.25, 0.3) is 0 Å². The number of primary amides is 1. The summed E-state index contributed by atoms with van der Waals surface area (Å²) in [6.07, 6.45) is 0.392. The molecule has 7 heteroatoms. The molecule has 0 radical (unpaired) electrons. The molecule has 0 spiro atoms. The first-order valence-corrected chi connectivity index (χ1v) is 6.55. The van der Waals surface area contributed by atoms with Gasteiger partial charge < -0.3 is 21.1 Å². The zero-order valence-corrected chi connectivity index (χ0v) is 11.1. The summed E-state index contributed by atoms with van der Waals surface area (Å²) in [5.74, 6) is 0. The molecule has 1 saturated heterocycles. The topological polar surface area (TPSA) is 93.9 Å². The lowest BCUT2D eigenvalue weighted by Gasteiger charge is -2.21. The van der Waals surface area contributed by atoms with E-state index < -0.39 is 6.35 Å². The van der Waals surface area contributed by atoms with Crippen LogP contribution >= 0.6 is 0 Å². The van der Waals surface area contributed by atoms with Gasteiger partial charge in [0.15, 0.2) is 6.35 Å². The largest absolute Gasteiger partial charge is 0.365 e. The van der Waals surface area contributed by atoms with Crippen LogP contribution in [0, 0.1) is 0 Å². The van der Waals surface area contributed by atoms with Crippen LogP contribution < -0.4 is 16.4 Å². The van der Waals surface area contributed by atoms with Crippen molar-refractivity contribution >= 4 is 6.03 Å². The molecule has 2 amide bonds. The van der Waals surface area contributed by atoms with Gasteiger partial charge in [-0.25, -0.2) is 4.79 Å². The van der Waals surface area contributed by atoms with E-state index in [0.717, 1.165) is 39.1 Å². The van der Waals surface area contributed by atoms with Crippen molar-refractivity contribution in [2.75, 3.05) is 45.8 Å². The first-order chi connectivity index (χ1) is 8.65. The van der Waals surface area contributed by atoms with Crippen LogP contribution in [0.5, 0.6) is 0 Å². The molecular formula is C11H25N5O2. The van der Waals surface area contributed by atoms with Gasteiger partial charge in [0, 0.05) is 45.8 Å². The average Bonchev–Trinajstić information content (AvgIpc) is 2.73. The molecule has 1 fully saturated rings. The highest BCUT2D eigenvalue weighted by Gasteiger charge is 2.19. The lowest BCUT2D eigenvalue weighted by Crippen LogP contribution is -2.43. The summed E-state index contributed by atoms with van der Waals surface area (Å²) in [6, 6.07) is -0.363. The second-order valence-electron chi connectivity index (χ2n) is 4.44. The van der Waals surface area contributed by atoms with Crippen molar-refractivity contribution in [3.05, 3.63) is 0 Å². The Labute approximate surface area is 108 Å². The quantitative estimate of drug-likeness (QED) is 0.400. The minimum Gasteiger partial charge on any atom is -0.365 e. The second kappa shape index (κ2) is 8.25. The van der Waals surface area contributed by atoms with Crippen LogP contribution in [0.1, 0.15) is 13.3 Å². The van der Waals surface area contributed by atoms with Crippen LogP contribution in [0.4, 0.5) is 4.79 Å². The summed E-state index contributed by atoms with van der Waals surface area (Å²) >= 11 is 0. The number of carbonyl (C=O) groups is 1. The molecule has 1 aliphatic rings. The third kappa shape index (κ3) is 5.18. The Morgan fingerprint density at radius 2 is 2.33 bits per heavy atom. The molecule has 0 aromatic rings. The zero-order chi connectivity index (χ0) is 13.4. The van der Waals surface area contributed by atoms with Crippen molar-refractivity contribution in [2.24, 2.45) is 5.73 Å². The molecule has 7 nitrogen and oxygen atoms in total. The van der Waals surface area contributed by atoms with Gasteiger partial charge in [-0.3, -0.25) is 10.2 Å². The molecule has 1 rings (SSSR count). The van der Waals surface area contributed by atoms with E-state index in [2.05, 4.69) is 10.6 Å². The Bertz CT molecular complexity index is 252.